The van der Waals surface area contributed by atoms with Crippen molar-refractivity contribution < 1.29 is 17.9 Å². The van der Waals surface area contributed by atoms with E-state index in [1.165, 1.54) is 7.05 Å². The van der Waals surface area contributed by atoms with Crippen molar-refractivity contribution in [1.82, 2.24) is 0 Å². The molecular formula is C20H19NO4S. The molecule has 0 aliphatic heterocycles. The zero-order valence-corrected chi connectivity index (χ0v) is 15.4. The van der Waals surface area contributed by atoms with Gasteiger partial charge in [-0.25, -0.2) is 13.2 Å². The third kappa shape index (κ3) is 3.28. The summed E-state index contributed by atoms with van der Waals surface area (Å²) in [7, 11) is -2.40. The lowest BCUT2D eigenvalue weighted by atomic mass is 10.1. The van der Waals surface area contributed by atoms with Gasteiger partial charge in [-0.2, -0.15) is 0 Å². The van der Waals surface area contributed by atoms with Crippen molar-refractivity contribution in [3.8, 4) is 0 Å². The smallest absolute Gasteiger partial charge is 0.340 e. The van der Waals surface area contributed by atoms with Crippen LogP contribution in [0.4, 0.5) is 5.69 Å². The lowest BCUT2D eigenvalue weighted by Crippen LogP contribution is -2.28. The van der Waals surface area contributed by atoms with Crippen LogP contribution >= 0.6 is 0 Å². The van der Waals surface area contributed by atoms with Crippen LogP contribution in [0.2, 0.25) is 0 Å². The van der Waals surface area contributed by atoms with Crippen LogP contribution < -0.4 is 4.31 Å². The van der Waals surface area contributed by atoms with Gasteiger partial charge in [0.2, 0.25) is 0 Å². The van der Waals surface area contributed by atoms with E-state index in [9.17, 15) is 13.2 Å². The highest BCUT2D eigenvalue weighted by Gasteiger charge is 2.25. The van der Waals surface area contributed by atoms with Crippen molar-refractivity contribution >= 4 is 32.5 Å². The van der Waals surface area contributed by atoms with Crippen LogP contribution in [0.5, 0.6) is 0 Å². The fourth-order valence-corrected chi connectivity index (χ4v) is 4.00. The second kappa shape index (κ2) is 7.17. The molecule has 0 spiro atoms. The van der Waals surface area contributed by atoms with E-state index in [0.29, 0.717) is 0 Å². The molecule has 3 rings (SSSR count). The molecule has 0 unspecified atom stereocenters. The normalized spacial score (nSPS) is 11.3. The van der Waals surface area contributed by atoms with Gasteiger partial charge in [-0.05, 0) is 42.0 Å². The Bertz CT molecular complexity index is 1060. The Hall–Kier alpha value is -2.86. The predicted octanol–water partition coefficient (Wildman–Crippen LogP) is 3.84. The first-order chi connectivity index (χ1) is 12.4. The molecule has 0 atom stereocenters. The van der Waals surface area contributed by atoms with E-state index >= 15 is 0 Å². The summed E-state index contributed by atoms with van der Waals surface area (Å²) in [6.45, 7) is 1.92. The summed E-state index contributed by atoms with van der Waals surface area (Å²) in [5.74, 6) is -0.552. The summed E-state index contributed by atoms with van der Waals surface area (Å²) >= 11 is 0. The minimum Gasteiger partial charge on any atom is -0.462 e. The van der Waals surface area contributed by atoms with E-state index in [-0.39, 0.29) is 22.8 Å². The number of sulfonamides is 1. The number of para-hydroxylation sites is 1. The highest BCUT2D eigenvalue weighted by Crippen LogP contribution is 2.28. The molecule has 134 valence electrons. The van der Waals surface area contributed by atoms with Crippen LogP contribution in [0, 0.1) is 0 Å². The van der Waals surface area contributed by atoms with Gasteiger partial charge in [0.25, 0.3) is 10.0 Å². The first-order valence-corrected chi connectivity index (χ1v) is 9.63. The predicted molar refractivity (Wildman–Crippen MR) is 102 cm³/mol. The van der Waals surface area contributed by atoms with Crippen molar-refractivity contribution in [3.05, 3.63) is 72.3 Å². The van der Waals surface area contributed by atoms with Crippen LogP contribution in [0.3, 0.4) is 0 Å². The van der Waals surface area contributed by atoms with Crippen molar-refractivity contribution in [1.29, 1.82) is 0 Å². The first-order valence-electron chi connectivity index (χ1n) is 8.19. The summed E-state index contributed by atoms with van der Waals surface area (Å²) in [6, 6.07) is 19.0. The van der Waals surface area contributed by atoms with Gasteiger partial charge in [-0.3, -0.25) is 4.31 Å². The van der Waals surface area contributed by atoms with Gasteiger partial charge < -0.3 is 4.74 Å². The Kier molecular flexibility index (Phi) is 4.95. The number of rotatable bonds is 5. The molecule has 5 nitrogen and oxygen atoms in total. The molecule has 0 aliphatic rings. The Morgan fingerprint density at radius 2 is 1.62 bits per heavy atom. The van der Waals surface area contributed by atoms with E-state index in [1.807, 2.05) is 24.3 Å². The number of esters is 1. The van der Waals surface area contributed by atoms with Crippen molar-refractivity contribution in [2.75, 3.05) is 18.0 Å². The van der Waals surface area contributed by atoms with E-state index in [1.54, 1.807) is 49.4 Å². The molecule has 0 saturated heterocycles. The molecule has 6 heteroatoms. The topological polar surface area (TPSA) is 63.7 Å². The van der Waals surface area contributed by atoms with Crippen LogP contribution in [-0.4, -0.2) is 28.0 Å². The van der Waals surface area contributed by atoms with E-state index in [4.69, 9.17) is 4.74 Å². The summed E-state index contributed by atoms with van der Waals surface area (Å²) < 4.78 is 32.3. The fourth-order valence-electron chi connectivity index (χ4n) is 2.75. The number of benzene rings is 3. The number of ether oxygens (including phenoxy) is 1. The van der Waals surface area contributed by atoms with Gasteiger partial charge in [0.05, 0.1) is 22.8 Å². The molecule has 0 N–H and O–H groups in total. The lowest BCUT2D eigenvalue weighted by Gasteiger charge is -2.22. The molecule has 0 fully saturated rings. The zero-order valence-electron chi connectivity index (χ0n) is 14.5. The number of carbonyl (C=O) groups is 1. The molecule has 26 heavy (non-hydrogen) atoms. The summed E-state index contributed by atoms with van der Waals surface area (Å²) in [6.07, 6.45) is 0. The summed E-state index contributed by atoms with van der Waals surface area (Å²) in [5.41, 5.74) is 0.486. The quantitative estimate of drug-likeness (QED) is 0.641. The molecule has 0 aromatic heterocycles. The molecule has 0 saturated carbocycles. The van der Waals surface area contributed by atoms with Gasteiger partial charge in [-0.1, -0.05) is 42.5 Å². The monoisotopic (exact) mass is 369 g/mol. The largest absolute Gasteiger partial charge is 0.462 e. The molecule has 0 bridgehead atoms. The van der Waals surface area contributed by atoms with Crippen LogP contribution in [0.25, 0.3) is 10.8 Å². The third-order valence-corrected chi connectivity index (χ3v) is 5.89. The van der Waals surface area contributed by atoms with Crippen LogP contribution in [-0.2, 0) is 14.8 Å². The summed E-state index contributed by atoms with van der Waals surface area (Å²) in [4.78, 5) is 12.3. The Balaban J connectivity index is 2.05. The second-order valence-electron chi connectivity index (χ2n) is 5.72. The van der Waals surface area contributed by atoms with Gasteiger partial charge in [0.15, 0.2) is 0 Å². The molecule has 0 radical (unpaired) electrons. The summed E-state index contributed by atoms with van der Waals surface area (Å²) in [5, 5.41) is 1.79. The van der Waals surface area contributed by atoms with Gasteiger partial charge in [-0.15, -0.1) is 0 Å². The van der Waals surface area contributed by atoms with Crippen molar-refractivity contribution in [3.63, 3.8) is 0 Å². The van der Waals surface area contributed by atoms with Crippen LogP contribution in [0.1, 0.15) is 17.3 Å². The van der Waals surface area contributed by atoms with Crippen LogP contribution in [0.15, 0.2) is 71.6 Å². The number of hydrogen-bond acceptors (Lipinski definition) is 4. The molecule has 0 heterocycles. The SMILES string of the molecule is CCOC(=O)c1ccccc1N(C)S(=O)(=O)c1ccc2ccccc2c1. The van der Waals surface area contributed by atoms with Crippen molar-refractivity contribution in [2.45, 2.75) is 11.8 Å². The highest BCUT2D eigenvalue weighted by atomic mass is 32.2. The maximum atomic E-state index is 13.1. The zero-order chi connectivity index (χ0) is 18.7. The Morgan fingerprint density at radius 1 is 0.962 bits per heavy atom. The Morgan fingerprint density at radius 3 is 2.35 bits per heavy atom. The number of fused-ring (bicyclic) bond motifs is 1. The van der Waals surface area contributed by atoms with Gasteiger partial charge >= 0.3 is 5.97 Å². The second-order valence-corrected chi connectivity index (χ2v) is 7.69. The van der Waals surface area contributed by atoms with Crippen molar-refractivity contribution in [2.24, 2.45) is 0 Å². The highest BCUT2D eigenvalue weighted by molar-refractivity contribution is 7.92. The Labute approximate surface area is 152 Å². The average molecular weight is 369 g/mol. The maximum Gasteiger partial charge on any atom is 0.340 e. The molecule has 3 aromatic rings. The van der Waals surface area contributed by atoms with E-state index in [2.05, 4.69) is 0 Å². The molecule has 3 aromatic carbocycles. The minimum atomic E-state index is -3.83. The number of nitrogens with zero attached hydrogens (tertiary/aromatic N) is 1. The molecule has 0 aliphatic carbocycles. The lowest BCUT2D eigenvalue weighted by molar-refractivity contribution is 0.0527. The number of hydrogen-bond donors (Lipinski definition) is 0. The molecule has 0 amide bonds. The van der Waals surface area contributed by atoms with E-state index in [0.717, 1.165) is 15.1 Å². The minimum absolute atomic E-state index is 0.164. The number of anilines is 1. The number of carbonyl (C=O) groups excluding carboxylic acids is 1. The van der Waals surface area contributed by atoms with Gasteiger partial charge in [0, 0.05) is 7.05 Å². The average Bonchev–Trinajstić information content (AvgIpc) is 2.67. The third-order valence-electron chi connectivity index (χ3n) is 4.12. The standard InChI is InChI=1S/C20H19NO4S/c1-3-25-20(22)18-10-6-7-11-19(18)21(2)26(23,24)17-13-12-15-8-4-5-9-16(15)14-17/h4-14H,3H2,1-2H3. The van der Waals surface area contributed by atoms with Gasteiger partial charge in [0.1, 0.15) is 0 Å². The van der Waals surface area contributed by atoms with E-state index < -0.39 is 16.0 Å². The maximum absolute atomic E-state index is 13.1. The fraction of sp³-hybridized carbons (Fsp3) is 0.150. The molecular weight excluding hydrogens is 350 g/mol. The first kappa shape index (κ1) is 17.9.